The molecule has 11 nitrogen and oxygen atoms in total. The van der Waals surface area contributed by atoms with E-state index in [1.807, 2.05) is 48.0 Å². The Balaban J connectivity index is 1.47. The first-order valence-corrected chi connectivity index (χ1v) is 14.5. The monoisotopic (exact) mass is 579 g/mol. The molecule has 5 rings (SSSR count). The summed E-state index contributed by atoms with van der Waals surface area (Å²) in [5.41, 5.74) is 2.09. The van der Waals surface area contributed by atoms with Crippen molar-refractivity contribution in [3.05, 3.63) is 65.6 Å². The van der Waals surface area contributed by atoms with Crippen molar-refractivity contribution < 1.29 is 38.3 Å². The molecule has 1 fully saturated rings. The Hall–Kier alpha value is -3.96. The molecule has 1 saturated heterocycles. The molecular formula is C31H39N4O7+. The van der Waals surface area contributed by atoms with Crippen molar-refractivity contribution in [2.75, 3.05) is 31.3 Å². The highest BCUT2D eigenvalue weighted by molar-refractivity contribution is 5.94. The minimum Gasteiger partial charge on any atom is -0.481 e. The van der Waals surface area contributed by atoms with Crippen molar-refractivity contribution >= 4 is 17.6 Å². The Morgan fingerprint density at radius 3 is 2.79 bits per heavy atom. The third kappa shape index (κ3) is 6.27. The van der Waals surface area contributed by atoms with E-state index in [1.165, 1.54) is 0 Å². The van der Waals surface area contributed by atoms with Gasteiger partial charge in [-0.3, -0.25) is 14.5 Å². The average Bonchev–Trinajstić information content (AvgIpc) is 3.70. The number of carbonyl (C=O) groups excluding carboxylic acids is 1. The maximum atomic E-state index is 13.9. The number of carboxylic acids is 1. The zero-order valence-electron chi connectivity index (χ0n) is 24.4. The molecule has 2 aliphatic rings. The molecule has 11 heteroatoms. The first-order valence-electron chi connectivity index (χ1n) is 14.5. The first-order chi connectivity index (χ1) is 20.3. The smallest absolute Gasteiger partial charge is 0.308 e. The van der Waals surface area contributed by atoms with E-state index >= 15 is 0 Å². The molecule has 2 N–H and O–H groups in total. The van der Waals surface area contributed by atoms with E-state index in [4.69, 9.17) is 13.9 Å². The number of rotatable bonds is 12. The van der Waals surface area contributed by atoms with Gasteiger partial charge in [-0.2, -0.15) is 0 Å². The molecule has 42 heavy (non-hydrogen) atoms. The van der Waals surface area contributed by atoms with Gasteiger partial charge in [0.15, 0.2) is 29.8 Å². The summed E-state index contributed by atoms with van der Waals surface area (Å²) in [6.07, 6.45) is 8.16. The molecule has 0 radical (unpaired) electrons. The van der Waals surface area contributed by atoms with Gasteiger partial charge in [0.2, 0.25) is 12.7 Å². The van der Waals surface area contributed by atoms with Gasteiger partial charge in [0.25, 0.3) is 0 Å². The molecule has 2 aromatic heterocycles. The number of unbranched alkanes of at least 4 members (excludes halogenated alkanes) is 1. The van der Waals surface area contributed by atoms with Crippen LogP contribution in [0.2, 0.25) is 0 Å². The molecule has 4 heterocycles. The van der Waals surface area contributed by atoms with Crippen molar-refractivity contribution in [2.45, 2.75) is 58.1 Å². The molecular weight excluding hydrogens is 540 g/mol. The molecule has 224 valence electrons. The van der Waals surface area contributed by atoms with Crippen molar-refractivity contribution in [2.24, 2.45) is 13.0 Å². The third-order valence-corrected chi connectivity index (χ3v) is 8.14. The second kappa shape index (κ2) is 12.9. The van der Waals surface area contributed by atoms with Crippen LogP contribution in [0.5, 0.6) is 11.5 Å². The minimum absolute atomic E-state index is 0.0441. The maximum absolute atomic E-state index is 13.9. The van der Waals surface area contributed by atoms with Crippen molar-refractivity contribution in [1.82, 2.24) is 9.88 Å². The van der Waals surface area contributed by atoms with Gasteiger partial charge in [-0.05, 0) is 43.5 Å². The highest BCUT2D eigenvalue weighted by Gasteiger charge is 2.47. The van der Waals surface area contributed by atoms with Gasteiger partial charge in [0.05, 0.1) is 25.3 Å². The Bertz CT molecular complexity index is 1420. The van der Waals surface area contributed by atoms with E-state index in [-0.39, 0.29) is 25.9 Å². The molecule has 1 amide bonds. The number of aryl methyl sites for hydroxylation is 3. The molecule has 0 unspecified atom stereocenters. The van der Waals surface area contributed by atoms with Crippen LogP contribution in [0.15, 0.2) is 47.3 Å². The lowest BCUT2D eigenvalue weighted by Gasteiger charge is -2.29. The van der Waals surface area contributed by atoms with Gasteiger partial charge in [0.1, 0.15) is 18.5 Å². The van der Waals surface area contributed by atoms with Crippen LogP contribution >= 0.6 is 0 Å². The van der Waals surface area contributed by atoms with Gasteiger partial charge in [-0.1, -0.05) is 13.3 Å². The number of aliphatic hydroxyl groups excluding tert-OH is 1. The van der Waals surface area contributed by atoms with E-state index < -0.39 is 23.8 Å². The van der Waals surface area contributed by atoms with Crippen LogP contribution in [0.25, 0.3) is 0 Å². The number of benzene rings is 1. The number of likely N-dealkylation sites (tertiary alicyclic amines) is 1. The molecule has 0 bridgehead atoms. The number of aromatic nitrogens is 2. The molecule has 0 saturated carbocycles. The number of anilines is 1. The number of amides is 1. The average molecular weight is 580 g/mol. The summed E-state index contributed by atoms with van der Waals surface area (Å²) in [5.74, 6) is -0.0672. The van der Waals surface area contributed by atoms with Crippen LogP contribution in [-0.4, -0.2) is 64.4 Å². The Kier molecular flexibility index (Phi) is 9.08. The number of hydrogen-bond acceptors (Lipinski definition) is 8. The lowest BCUT2D eigenvalue weighted by molar-refractivity contribution is -0.670. The lowest BCUT2D eigenvalue weighted by atomic mass is 9.83. The van der Waals surface area contributed by atoms with Gasteiger partial charge in [0, 0.05) is 43.1 Å². The minimum atomic E-state index is -0.940. The number of aliphatic hydroxyl groups is 1. The van der Waals surface area contributed by atoms with Crippen molar-refractivity contribution in [3.63, 3.8) is 0 Å². The summed E-state index contributed by atoms with van der Waals surface area (Å²) in [4.78, 5) is 34.9. The standard InChI is InChI=1S/C31H38N4O7/c1-4-5-11-35(23-7-6-10-33(3)15-23)28(37)17-34-16-24(21-12-22(18-36)30-26(13-21)40-19-41-30)29(31(38)39)25(34)8-9-27-32-14-20(2)42-27/h6-7,10,12-15,24-25,29,36H,4-5,8-9,11,16-19H2,1-3H3/p+1/t24-,25+,29-/m1/s1. The summed E-state index contributed by atoms with van der Waals surface area (Å²) in [7, 11) is 1.92. The molecule has 3 atom stereocenters. The van der Waals surface area contributed by atoms with E-state index in [1.54, 1.807) is 23.2 Å². The second-order valence-electron chi connectivity index (χ2n) is 11.1. The molecule has 3 aromatic rings. The number of aliphatic carboxylic acids is 1. The predicted octanol–water partition coefficient (Wildman–Crippen LogP) is 2.96. The number of hydrogen-bond donors (Lipinski definition) is 2. The van der Waals surface area contributed by atoms with Crippen LogP contribution in [0.3, 0.4) is 0 Å². The van der Waals surface area contributed by atoms with E-state index in [0.717, 1.165) is 24.1 Å². The number of oxazole rings is 1. The van der Waals surface area contributed by atoms with Crippen molar-refractivity contribution in [3.8, 4) is 11.5 Å². The van der Waals surface area contributed by atoms with Crippen LogP contribution < -0.4 is 18.9 Å². The molecule has 0 spiro atoms. The van der Waals surface area contributed by atoms with Crippen LogP contribution in [0.1, 0.15) is 54.9 Å². The predicted molar refractivity (Wildman–Crippen MR) is 152 cm³/mol. The van der Waals surface area contributed by atoms with Gasteiger partial charge in [-0.25, -0.2) is 9.55 Å². The number of ether oxygens (including phenoxy) is 2. The van der Waals surface area contributed by atoms with Crippen LogP contribution in [-0.2, 0) is 29.7 Å². The summed E-state index contributed by atoms with van der Waals surface area (Å²) >= 11 is 0. The fourth-order valence-corrected chi connectivity index (χ4v) is 6.12. The zero-order chi connectivity index (χ0) is 29.8. The third-order valence-electron chi connectivity index (χ3n) is 8.14. The molecule has 1 aromatic carbocycles. The zero-order valence-corrected chi connectivity index (χ0v) is 24.4. The Labute approximate surface area is 245 Å². The number of carbonyl (C=O) groups is 2. The second-order valence-corrected chi connectivity index (χ2v) is 11.1. The van der Waals surface area contributed by atoms with Crippen LogP contribution in [0, 0.1) is 12.8 Å². The molecule has 2 aliphatic heterocycles. The normalized spacial score (nSPS) is 19.8. The van der Waals surface area contributed by atoms with Gasteiger partial charge >= 0.3 is 5.97 Å². The number of carboxylic acid groups (broad SMARTS) is 1. The number of fused-ring (bicyclic) bond motifs is 1. The number of pyridine rings is 1. The molecule has 0 aliphatic carbocycles. The van der Waals surface area contributed by atoms with Crippen LogP contribution in [0.4, 0.5) is 5.69 Å². The quantitative estimate of drug-likeness (QED) is 0.311. The topological polar surface area (TPSA) is 129 Å². The Morgan fingerprint density at radius 2 is 2.10 bits per heavy atom. The number of nitrogens with zero attached hydrogens (tertiary/aromatic N) is 4. The van der Waals surface area contributed by atoms with E-state index in [0.29, 0.717) is 54.6 Å². The van der Waals surface area contributed by atoms with E-state index in [2.05, 4.69) is 11.9 Å². The summed E-state index contributed by atoms with van der Waals surface area (Å²) in [6.45, 7) is 4.67. The SMILES string of the molecule is CCCCN(C(=O)CN1C[C@H](c2cc(CO)c3c(c2)OCO3)[C@@H](C(=O)O)[C@@H]1CCc1ncc(C)o1)c1ccc[n+](C)c1. The maximum Gasteiger partial charge on any atom is 0.308 e. The highest BCUT2D eigenvalue weighted by atomic mass is 16.7. The largest absolute Gasteiger partial charge is 0.481 e. The summed E-state index contributed by atoms with van der Waals surface area (Å²) in [6, 6.07) is 6.98. The van der Waals surface area contributed by atoms with Gasteiger partial charge in [-0.15, -0.1) is 0 Å². The first kappa shape index (κ1) is 29.5. The van der Waals surface area contributed by atoms with E-state index in [9.17, 15) is 19.8 Å². The lowest BCUT2D eigenvalue weighted by Crippen LogP contribution is -2.45. The summed E-state index contributed by atoms with van der Waals surface area (Å²) in [5, 5.41) is 20.6. The van der Waals surface area contributed by atoms with Gasteiger partial charge < -0.3 is 29.0 Å². The van der Waals surface area contributed by atoms with Crippen molar-refractivity contribution in [1.29, 1.82) is 0 Å². The fraction of sp³-hybridized carbons (Fsp3) is 0.484. The summed E-state index contributed by atoms with van der Waals surface area (Å²) < 4.78 is 18.7. The highest BCUT2D eigenvalue weighted by Crippen LogP contribution is 2.44. The fourth-order valence-electron chi connectivity index (χ4n) is 6.12. The Morgan fingerprint density at radius 1 is 1.26 bits per heavy atom.